The van der Waals surface area contributed by atoms with Crippen LogP contribution >= 0.6 is 15.9 Å². The van der Waals surface area contributed by atoms with Gasteiger partial charge in [-0.3, -0.25) is 4.72 Å². The number of unbranched alkanes of at least 4 members (excludes halogenated alkanes) is 1. The second-order valence-electron chi connectivity index (χ2n) is 3.86. The van der Waals surface area contributed by atoms with Crippen molar-refractivity contribution in [1.82, 2.24) is 5.32 Å². The first-order valence-corrected chi connectivity index (χ1v) is 7.99. The minimum absolute atomic E-state index is 0.0592. The summed E-state index contributed by atoms with van der Waals surface area (Å²) in [6, 6.07) is 4.01. The highest BCUT2D eigenvalue weighted by molar-refractivity contribution is 9.10. The summed E-state index contributed by atoms with van der Waals surface area (Å²) in [5.74, 6) is -0.365. The number of halogens is 2. The number of anilines is 1. The molecule has 0 aliphatic rings. The highest BCUT2D eigenvalue weighted by Crippen LogP contribution is 2.20. The molecule has 7 heteroatoms. The van der Waals surface area contributed by atoms with Crippen LogP contribution in [0.25, 0.3) is 0 Å². The van der Waals surface area contributed by atoms with Crippen LogP contribution < -0.4 is 10.0 Å². The van der Waals surface area contributed by atoms with Gasteiger partial charge in [0.1, 0.15) is 5.82 Å². The van der Waals surface area contributed by atoms with Gasteiger partial charge in [0, 0.05) is 5.69 Å². The maximum Gasteiger partial charge on any atom is 0.232 e. The van der Waals surface area contributed by atoms with Crippen LogP contribution in [0, 0.1) is 5.82 Å². The van der Waals surface area contributed by atoms with Crippen molar-refractivity contribution in [2.75, 3.05) is 24.1 Å². The molecule has 1 aromatic carbocycles. The van der Waals surface area contributed by atoms with Crippen LogP contribution in [0.15, 0.2) is 22.7 Å². The summed E-state index contributed by atoms with van der Waals surface area (Å²) in [7, 11) is -1.54. The molecule has 0 bridgehead atoms. The van der Waals surface area contributed by atoms with Crippen LogP contribution in [0.5, 0.6) is 0 Å². The second-order valence-corrected chi connectivity index (χ2v) is 6.56. The number of hydrogen-bond donors (Lipinski definition) is 2. The monoisotopic (exact) mass is 338 g/mol. The quantitative estimate of drug-likeness (QED) is 0.750. The van der Waals surface area contributed by atoms with E-state index in [1.54, 1.807) is 0 Å². The van der Waals surface area contributed by atoms with Gasteiger partial charge in [-0.25, -0.2) is 12.8 Å². The molecule has 0 radical (unpaired) electrons. The molecule has 102 valence electrons. The topological polar surface area (TPSA) is 58.2 Å². The van der Waals surface area contributed by atoms with Crippen molar-refractivity contribution in [2.45, 2.75) is 12.8 Å². The van der Waals surface area contributed by atoms with Crippen molar-refractivity contribution < 1.29 is 12.8 Å². The maximum absolute atomic E-state index is 13.0. The lowest BCUT2D eigenvalue weighted by Gasteiger charge is -2.08. The van der Waals surface area contributed by atoms with E-state index in [1.807, 2.05) is 7.05 Å². The molecule has 0 saturated heterocycles. The molecule has 0 aliphatic carbocycles. The van der Waals surface area contributed by atoms with E-state index in [4.69, 9.17) is 0 Å². The van der Waals surface area contributed by atoms with Crippen molar-refractivity contribution >= 4 is 31.6 Å². The predicted molar refractivity (Wildman–Crippen MR) is 74.7 cm³/mol. The molecule has 1 rings (SSSR count). The van der Waals surface area contributed by atoms with E-state index in [9.17, 15) is 12.8 Å². The van der Waals surface area contributed by atoms with Gasteiger partial charge in [0.2, 0.25) is 10.0 Å². The average Bonchev–Trinajstić information content (AvgIpc) is 2.29. The summed E-state index contributed by atoms with van der Waals surface area (Å²) < 4.78 is 39.1. The Balaban J connectivity index is 2.56. The lowest BCUT2D eigenvalue weighted by molar-refractivity contribution is 0.595. The zero-order valence-electron chi connectivity index (χ0n) is 10.0. The Hall–Kier alpha value is -0.660. The van der Waals surface area contributed by atoms with Crippen molar-refractivity contribution in [3.8, 4) is 0 Å². The summed E-state index contributed by atoms with van der Waals surface area (Å²) in [6.07, 6.45) is 1.38. The summed E-state index contributed by atoms with van der Waals surface area (Å²) in [4.78, 5) is 0. The number of nitrogens with one attached hydrogen (secondary N) is 2. The Kier molecular flexibility index (Phi) is 6.04. The predicted octanol–water partition coefficient (Wildman–Crippen LogP) is 2.33. The molecule has 4 nitrogen and oxygen atoms in total. The molecule has 18 heavy (non-hydrogen) atoms. The minimum atomic E-state index is -3.37. The largest absolute Gasteiger partial charge is 0.320 e. The van der Waals surface area contributed by atoms with Crippen LogP contribution in [0.1, 0.15) is 12.8 Å². The fourth-order valence-electron chi connectivity index (χ4n) is 1.38. The van der Waals surface area contributed by atoms with Crippen LogP contribution in [0.2, 0.25) is 0 Å². The molecule has 0 heterocycles. The van der Waals surface area contributed by atoms with Gasteiger partial charge in [0.25, 0.3) is 0 Å². The Labute approximate surface area is 115 Å². The third-order valence-electron chi connectivity index (χ3n) is 2.28. The standard InChI is InChI=1S/C11H16BrFN2O2S/c1-14-6-2-3-7-18(16,17)15-9-4-5-11(13)10(12)8-9/h4-5,8,14-15H,2-3,6-7H2,1H3. The number of sulfonamides is 1. The third-order valence-corrected chi connectivity index (χ3v) is 4.26. The second kappa shape index (κ2) is 7.06. The first-order chi connectivity index (χ1) is 8.44. The highest BCUT2D eigenvalue weighted by Gasteiger charge is 2.10. The molecular weight excluding hydrogens is 323 g/mol. The van der Waals surface area contributed by atoms with E-state index >= 15 is 0 Å². The highest BCUT2D eigenvalue weighted by atomic mass is 79.9. The fourth-order valence-corrected chi connectivity index (χ4v) is 2.94. The molecular formula is C11H16BrFN2O2S. The van der Waals surface area contributed by atoms with E-state index in [0.717, 1.165) is 13.0 Å². The van der Waals surface area contributed by atoms with Crippen LogP contribution in [-0.4, -0.2) is 27.8 Å². The molecule has 0 spiro atoms. The SMILES string of the molecule is CNCCCCS(=O)(=O)Nc1ccc(F)c(Br)c1. The minimum Gasteiger partial charge on any atom is -0.320 e. The van der Waals surface area contributed by atoms with Crippen LogP contribution in [-0.2, 0) is 10.0 Å². The van der Waals surface area contributed by atoms with Crippen molar-refractivity contribution in [3.05, 3.63) is 28.5 Å². The first-order valence-electron chi connectivity index (χ1n) is 5.55. The van der Waals surface area contributed by atoms with Gasteiger partial charge in [-0.15, -0.1) is 0 Å². The van der Waals surface area contributed by atoms with Gasteiger partial charge in [-0.2, -0.15) is 0 Å². The molecule has 1 aromatic rings. The number of benzene rings is 1. The third kappa shape index (κ3) is 5.32. The summed E-state index contributed by atoms with van der Waals surface area (Å²) in [5.41, 5.74) is 0.358. The molecule has 2 N–H and O–H groups in total. The van der Waals surface area contributed by atoms with Crippen LogP contribution in [0.3, 0.4) is 0 Å². The van der Waals surface area contributed by atoms with E-state index < -0.39 is 15.8 Å². The summed E-state index contributed by atoms with van der Waals surface area (Å²) in [5, 5.41) is 2.95. The van der Waals surface area contributed by atoms with E-state index in [2.05, 4.69) is 26.0 Å². The van der Waals surface area contributed by atoms with Crippen molar-refractivity contribution in [2.24, 2.45) is 0 Å². The van der Waals surface area contributed by atoms with Gasteiger partial charge >= 0.3 is 0 Å². The molecule has 0 fully saturated rings. The van der Waals surface area contributed by atoms with Crippen molar-refractivity contribution in [1.29, 1.82) is 0 Å². The first kappa shape index (κ1) is 15.4. The fraction of sp³-hybridized carbons (Fsp3) is 0.455. The Morgan fingerprint density at radius 3 is 2.67 bits per heavy atom. The Morgan fingerprint density at radius 2 is 2.06 bits per heavy atom. The number of hydrogen-bond acceptors (Lipinski definition) is 3. The molecule has 0 aliphatic heterocycles. The molecule has 0 atom stereocenters. The molecule has 0 saturated carbocycles. The van der Waals surface area contributed by atoms with Crippen molar-refractivity contribution in [3.63, 3.8) is 0 Å². The van der Waals surface area contributed by atoms with Gasteiger partial charge < -0.3 is 5.32 Å². The van der Waals surface area contributed by atoms with Gasteiger partial charge in [0.15, 0.2) is 0 Å². The van der Waals surface area contributed by atoms with Gasteiger partial charge in [-0.05, 0) is 60.6 Å². The smallest absolute Gasteiger partial charge is 0.232 e. The Morgan fingerprint density at radius 1 is 1.33 bits per heavy atom. The molecule has 0 amide bonds. The lowest BCUT2D eigenvalue weighted by atomic mass is 10.3. The van der Waals surface area contributed by atoms with Gasteiger partial charge in [0.05, 0.1) is 10.2 Å². The summed E-state index contributed by atoms with van der Waals surface area (Å²) >= 11 is 3.01. The zero-order valence-corrected chi connectivity index (χ0v) is 12.4. The normalized spacial score (nSPS) is 11.5. The molecule has 0 aromatic heterocycles. The number of rotatable bonds is 7. The average molecular weight is 339 g/mol. The van der Waals surface area contributed by atoms with E-state index in [0.29, 0.717) is 12.1 Å². The van der Waals surface area contributed by atoms with E-state index in [-0.39, 0.29) is 10.2 Å². The maximum atomic E-state index is 13.0. The summed E-state index contributed by atoms with van der Waals surface area (Å²) in [6.45, 7) is 0.789. The lowest BCUT2D eigenvalue weighted by Crippen LogP contribution is -2.18. The Bertz CT molecular complexity index is 494. The van der Waals surface area contributed by atoms with E-state index in [1.165, 1.54) is 18.2 Å². The zero-order chi connectivity index (χ0) is 13.6. The molecule has 0 unspecified atom stereocenters. The van der Waals surface area contributed by atoms with Crippen LogP contribution in [0.4, 0.5) is 10.1 Å². The van der Waals surface area contributed by atoms with Gasteiger partial charge in [-0.1, -0.05) is 0 Å².